The first kappa shape index (κ1) is 53.2. The molecule has 6 atom stereocenters. The van der Waals surface area contributed by atoms with Gasteiger partial charge in [-0.25, -0.2) is 0 Å². The van der Waals surface area contributed by atoms with Crippen molar-refractivity contribution in [2.75, 3.05) is 19.6 Å². The van der Waals surface area contributed by atoms with Gasteiger partial charge in [-0.15, -0.1) is 0 Å². The molecule has 0 bridgehead atoms. The van der Waals surface area contributed by atoms with Gasteiger partial charge in [0.1, 0.15) is 36.5 Å². The van der Waals surface area contributed by atoms with Crippen molar-refractivity contribution in [3.63, 3.8) is 0 Å². The van der Waals surface area contributed by atoms with Crippen molar-refractivity contribution in [3.05, 3.63) is 0 Å². The first-order valence-electron chi connectivity index (χ1n) is 18.3. The summed E-state index contributed by atoms with van der Waals surface area (Å²) >= 11 is 0. The van der Waals surface area contributed by atoms with E-state index in [9.17, 15) is 72.5 Å². The van der Waals surface area contributed by atoms with Gasteiger partial charge in [-0.1, -0.05) is 0 Å². The lowest BCUT2D eigenvalue weighted by molar-refractivity contribution is -0.141. The van der Waals surface area contributed by atoms with Crippen LogP contribution in [0.25, 0.3) is 0 Å². The zero-order chi connectivity index (χ0) is 45.9. The van der Waals surface area contributed by atoms with Gasteiger partial charge >= 0.3 is 17.9 Å². The van der Waals surface area contributed by atoms with Crippen LogP contribution in [-0.2, 0) is 62.3 Å². The number of aldehydes is 1. The van der Waals surface area contributed by atoms with E-state index >= 15 is 0 Å². The number of hydrogen-bond acceptors (Lipinski definition) is 15. The van der Waals surface area contributed by atoms with Crippen molar-refractivity contribution in [1.82, 2.24) is 37.2 Å². The Labute approximate surface area is 341 Å². The summed E-state index contributed by atoms with van der Waals surface area (Å²) in [6.45, 7) is -1.30. The third-order valence-electron chi connectivity index (χ3n) is 8.03. The number of unbranched alkanes of at least 4 members (excludes halogenated alkanes) is 1. The van der Waals surface area contributed by atoms with E-state index in [1.165, 1.54) is 0 Å². The van der Waals surface area contributed by atoms with Gasteiger partial charge in [0.15, 0.2) is 0 Å². The molecule has 0 aromatic heterocycles. The molecule has 0 spiro atoms. The summed E-state index contributed by atoms with van der Waals surface area (Å²) in [5, 5.41) is 42.7. The molecule has 0 fully saturated rings. The minimum Gasteiger partial charge on any atom is -0.481 e. The van der Waals surface area contributed by atoms with Crippen LogP contribution in [0, 0.1) is 0 Å². The number of nitrogens with one attached hydrogen (secondary N) is 7. The lowest BCUT2D eigenvalue weighted by atomic mass is 10.1. The van der Waals surface area contributed by atoms with E-state index in [-0.39, 0.29) is 6.42 Å². The SMILES string of the molecule is NCCCC[C@@H](C=O)NC(=O)[C@H](CC(N)=O)NC(=O)[C@H](CCC(=O)O)NC(=O)CNC(=O)[C@H](CCC(N)=O)NC(=O)[C@H](CCC(=O)O)NC(=O)[C@H](CC(=O)O)NC(=O)CN. The lowest BCUT2D eigenvalue weighted by Crippen LogP contribution is -2.58. The highest BCUT2D eigenvalue weighted by Gasteiger charge is 2.33. The largest absolute Gasteiger partial charge is 0.481 e. The third-order valence-corrected chi connectivity index (χ3v) is 8.03. The van der Waals surface area contributed by atoms with Gasteiger partial charge in [0.25, 0.3) is 0 Å². The summed E-state index contributed by atoms with van der Waals surface area (Å²) in [6.07, 6.45) is -3.88. The average molecular weight is 860 g/mol. The van der Waals surface area contributed by atoms with Crippen LogP contribution in [0.15, 0.2) is 0 Å². The Bertz CT molecular complexity index is 1590. The standard InChI is InChI=1S/C33H53N11O16/c34-10-2-1-3-16(15-45)39-32(59)20(11-23(37)47)44-30(57)18(5-8-26(50)51)40-25(49)14-38-29(56)17(4-7-22(36)46)42-31(58)19(6-9-27(52)53)43-33(60)21(12-28(54)55)41-24(48)13-35/h15-21H,1-14,34-35H2,(H2,36,46)(H2,37,47)(H,38,56)(H,39,59)(H,40,49)(H,41,48)(H,42,58)(H,43,60)(H,44,57)(H,50,51)(H,52,53)(H,54,55)/t16-,17-,18-,19-,20-,21-/m0/s1. The fraction of sp³-hybridized carbons (Fsp3) is 0.606. The molecule has 0 aromatic rings. The number of nitrogens with two attached hydrogens (primary N) is 4. The minimum absolute atomic E-state index is 0.174. The van der Waals surface area contributed by atoms with Crippen molar-refractivity contribution >= 4 is 77.4 Å². The van der Waals surface area contributed by atoms with Crippen LogP contribution < -0.4 is 60.2 Å². The smallest absolute Gasteiger partial charge is 0.305 e. The highest BCUT2D eigenvalue weighted by atomic mass is 16.4. The molecule has 0 heterocycles. The maximum atomic E-state index is 13.3. The Morgan fingerprint density at radius 3 is 1.40 bits per heavy atom. The molecule has 0 unspecified atom stereocenters. The molecule has 0 saturated carbocycles. The van der Waals surface area contributed by atoms with E-state index in [1.807, 2.05) is 5.32 Å². The number of hydrogen-bond donors (Lipinski definition) is 14. The highest BCUT2D eigenvalue weighted by Crippen LogP contribution is 2.06. The molecule has 0 aliphatic carbocycles. The van der Waals surface area contributed by atoms with Crippen molar-refractivity contribution in [1.29, 1.82) is 0 Å². The fourth-order valence-electron chi connectivity index (χ4n) is 5.00. The molecule has 0 radical (unpaired) electrons. The highest BCUT2D eigenvalue weighted by molar-refractivity contribution is 5.98. The summed E-state index contributed by atoms with van der Waals surface area (Å²) in [6, 6.07) is -9.67. The van der Waals surface area contributed by atoms with Gasteiger partial charge in [0.2, 0.25) is 53.2 Å². The van der Waals surface area contributed by atoms with E-state index in [4.69, 9.17) is 28.0 Å². The predicted octanol–water partition coefficient (Wildman–Crippen LogP) is -7.36. The first-order chi connectivity index (χ1) is 28.1. The molecule has 336 valence electrons. The van der Waals surface area contributed by atoms with Gasteiger partial charge in [-0.3, -0.25) is 57.5 Å². The van der Waals surface area contributed by atoms with Crippen LogP contribution in [0.1, 0.15) is 70.6 Å². The van der Waals surface area contributed by atoms with Crippen LogP contribution in [-0.4, -0.2) is 149 Å². The first-order valence-corrected chi connectivity index (χ1v) is 18.3. The Kier molecular flexibility index (Phi) is 25.4. The summed E-state index contributed by atoms with van der Waals surface area (Å²) in [7, 11) is 0. The molecule has 0 aliphatic heterocycles. The average Bonchev–Trinajstić information content (AvgIpc) is 3.16. The number of aliphatic carboxylic acids is 3. The van der Waals surface area contributed by atoms with E-state index in [0.29, 0.717) is 25.7 Å². The van der Waals surface area contributed by atoms with Crippen molar-refractivity contribution in [2.24, 2.45) is 22.9 Å². The number of carboxylic acid groups (broad SMARTS) is 3. The van der Waals surface area contributed by atoms with E-state index in [1.54, 1.807) is 0 Å². The zero-order valence-corrected chi connectivity index (χ0v) is 32.4. The quantitative estimate of drug-likeness (QED) is 0.0221. The van der Waals surface area contributed by atoms with Gasteiger partial charge in [-0.2, -0.15) is 0 Å². The fourth-order valence-corrected chi connectivity index (χ4v) is 5.00. The number of rotatable bonds is 32. The molecule has 0 aromatic carbocycles. The Hall–Kier alpha value is -6.77. The van der Waals surface area contributed by atoms with Crippen LogP contribution in [0.4, 0.5) is 0 Å². The number of carboxylic acids is 3. The Morgan fingerprint density at radius 2 is 0.933 bits per heavy atom. The van der Waals surface area contributed by atoms with Crippen LogP contribution >= 0.6 is 0 Å². The van der Waals surface area contributed by atoms with E-state index in [2.05, 4.69) is 31.9 Å². The second-order valence-electron chi connectivity index (χ2n) is 13.0. The Balaban J connectivity index is 6.11. The Morgan fingerprint density at radius 1 is 0.483 bits per heavy atom. The molecule has 0 saturated heterocycles. The molecular formula is C33H53N11O16. The molecule has 0 rings (SSSR count). The van der Waals surface area contributed by atoms with Crippen molar-refractivity contribution in [3.8, 4) is 0 Å². The van der Waals surface area contributed by atoms with Gasteiger partial charge < -0.3 is 80.3 Å². The lowest BCUT2D eigenvalue weighted by Gasteiger charge is -2.25. The second-order valence-corrected chi connectivity index (χ2v) is 13.0. The molecule has 27 nitrogen and oxygen atoms in total. The molecule has 60 heavy (non-hydrogen) atoms. The molecule has 18 N–H and O–H groups in total. The van der Waals surface area contributed by atoms with E-state index < -0.39 is 172 Å². The van der Waals surface area contributed by atoms with Crippen LogP contribution in [0.5, 0.6) is 0 Å². The van der Waals surface area contributed by atoms with Gasteiger partial charge in [-0.05, 0) is 45.1 Å². The van der Waals surface area contributed by atoms with E-state index in [0.717, 1.165) is 0 Å². The van der Waals surface area contributed by atoms with Crippen LogP contribution in [0.2, 0.25) is 0 Å². The van der Waals surface area contributed by atoms with Gasteiger partial charge in [0.05, 0.1) is 32.0 Å². The molecule has 27 heteroatoms. The molecular weight excluding hydrogens is 806 g/mol. The number of primary amides is 2. The third kappa shape index (κ3) is 23.5. The second kappa shape index (κ2) is 28.6. The van der Waals surface area contributed by atoms with Crippen molar-refractivity contribution in [2.45, 2.75) is 107 Å². The van der Waals surface area contributed by atoms with Crippen molar-refractivity contribution < 1.29 is 77.6 Å². The topological polar surface area (TPSA) is 471 Å². The van der Waals surface area contributed by atoms with Crippen LogP contribution in [0.3, 0.4) is 0 Å². The summed E-state index contributed by atoms with van der Waals surface area (Å²) in [4.78, 5) is 159. The molecule has 0 aliphatic rings. The molecule has 9 amide bonds. The monoisotopic (exact) mass is 859 g/mol. The summed E-state index contributed by atoms with van der Waals surface area (Å²) < 4.78 is 0. The summed E-state index contributed by atoms with van der Waals surface area (Å²) in [5.74, 6) is -14.3. The zero-order valence-electron chi connectivity index (χ0n) is 32.4. The minimum atomic E-state index is -1.78. The normalized spacial score (nSPS) is 13.6. The summed E-state index contributed by atoms with van der Waals surface area (Å²) in [5.41, 5.74) is 21.0. The number of carbonyl (C=O) groups is 13. The number of amides is 9. The van der Waals surface area contributed by atoms with Gasteiger partial charge in [0, 0.05) is 19.3 Å². The maximum Gasteiger partial charge on any atom is 0.305 e. The maximum absolute atomic E-state index is 13.3. The predicted molar refractivity (Wildman–Crippen MR) is 201 cm³/mol. The number of carbonyl (C=O) groups excluding carboxylic acids is 10.